The van der Waals surface area contributed by atoms with Crippen molar-refractivity contribution in [1.82, 2.24) is 15.0 Å². The van der Waals surface area contributed by atoms with Crippen LogP contribution < -0.4 is 10.1 Å². The van der Waals surface area contributed by atoms with Crippen molar-refractivity contribution in [3.8, 4) is 17.1 Å². The van der Waals surface area contributed by atoms with Gasteiger partial charge in [-0.3, -0.25) is 0 Å². The topological polar surface area (TPSA) is 94.1 Å². The first-order valence-electron chi connectivity index (χ1n) is 10.4. The lowest BCUT2D eigenvalue weighted by atomic mass is 10.1. The summed E-state index contributed by atoms with van der Waals surface area (Å²) in [5.41, 5.74) is 1.06. The second kappa shape index (κ2) is 10.3. The zero-order chi connectivity index (χ0) is 25.9. The maximum absolute atomic E-state index is 14.0. The van der Waals surface area contributed by atoms with Crippen LogP contribution in [0, 0.1) is 23.3 Å². The van der Waals surface area contributed by atoms with Crippen molar-refractivity contribution in [2.75, 3.05) is 11.6 Å². The molecule has 0 bridgehead atoms. The smallest absolute Gasteiger partial charge is 0.230 e. The van der Waals surface area contributed by atoms with Crippen LogP contribution in [0.5, 0.6) is 5.75 Å². The minimum Gasteiger partial charge on any atom is -0.488 e. The van der Waals surface area contributed by atoms with Gasteiger partial charge in [0.1, 0.15) is 24.5 Å². The number of sulfone groups is 1. The van der Waals surface area contributed by atoms with E-state index in [2.05, 4.69) is 20.3 Å². The molecule has 4 aromatic rings. The van der Waals surface area contributed by atoms with Gasteiger partial charge in [-0.15, -0.1) is 0 Å². The van der Waals surface area contributed by atoms with Crippen molar-refractivity contribution >= 4 is 21.5 Å². The molecule has 0 aliphatic heterocycles. The molecule has 7 nitrogen and oxygen atoms in total. The molecule has 0 saturated carbocycles. The van der Waals surface area contributed by atoms with Crippen molar-refractivity contribution in [2.45, 2.75) is 12.4 Å². The molecular weight excluding hydrogens is 500 g/mol. The average molecular weight is 518 g/mol. The van der Waals surface area contributed by atoms with Crippen LogP contribution in [0.15, 0.2) is 60.9 Å². The molecule has 0 saturated heterocycles. The summed E-state index contributed by atoms with van der Waals surface area (Å²) in [6, 6.07) is 12.0. The normalized spacial score (nSPS) is 11.4. The highest BCUT2D eigenvalue weighted by Crippen LogP contribution is 2.30. The number of benzene rings is 3. The van der Waals surface area contributed by atoms with Gasteiger partial charge < -0.3 is 10.1 Å². The Kier molecular flexibility index (Phi) is 7.15. The summed E-state index contributed by atoms with van der Waals surface area (Å²) >= 11 is 0. The van der Waals surface area contributed by atoms with Crippen LogP contribution in [-0.4, -0.2) is 29.6 Å². The summed E-state index contributed by atoms with van der Waals surface area (Å²) in [4.78, 5) is 12.4. The van der Waals surface area contributed by atoms with E-state index in [0.717, 1.165) is 30.5 Å². The van der Waals surface area contributed by atoms with Crippen LogP contribution in [0.25, 0.3) is 11.4 Å². The second-order valence-electron chi connectivity index (χ2n) is 7.79. The van der Waals surface area contributed by atoms with Crippen LogP contribution in [0.2, 0.25) is 0 Å². The first-order chi connectivity index (χ1) is 17.1. The summed E-state index contributed by atoms with van der Waals surface area (Å²) in [6.07, 6.45) is 2.34. The first-order valence-corrected chi connectivity index (χ1v) is 12.4. The van der Waals surface area contributed by atoms with Gasteiger partial charge in [0.05, 0.1) is 11.3 Å². The Morgan fingerprint density at radius 2 is 1.75 bits per heavy atom. The molecule has 4 rings (SSSR count). The maximum atomic E-state index is 14.0. The number of aromatic nitrogens is 3. The van der Waals surface area contributed by atoms with Crippen molar-refractivity contribution in [2.24, 2.45) is 0 Å². The Labute approximate surface area is 203 Å². The van der Waals surface area contributed by atoms with Gasteiger partial charge in [0.15, 0.2) is 33.1 Å². The van der Waals surface area contributed by atoms with Gasteiger partial charge in [0.2, 0.25) is 5.95 Å². The van der Waals surface area contributed by atoms with Crippen LogP contribution in [0.4, 0.5) is 29.2 Å². The molecule has 0 amide bonds. The summed E-state index contributed by atoms with van der Waals surface area (Å²) in [6.45, 7) is -0.511. The Bertz CT molecular complexity index is 1530. The predicted molar refractivity (Wildman–Crippen MR) is 124 cm³/mol. The number of nitrogens with zero attached hydrogens (tertiary/aromatic N) is 3. The number of ether oxygens (including phenoxy) is 1. The Hall–Kier alpha value is -4.06. The number of anilines is 2. The van der Waals surface area contributed by atoms with E-state index in [9.17, 15) is 26.0 Å². The van der Waals surface area contributed by atoms with Crippen molar-refractivity contribution < 1.29 is 30.7 Å². The average Bonchev–Trinajstić information content (AvgIpc) is 2.81. The van der Waals surface area contributed by atoms with Crippen molar-refractivity contribution in [1.29, 1.82) is 0 Å². The third kappa shape index (κ3) is 6.13. The molecule has 1 N–H and O–H groups in total. The second-order valence-corrected chi connectivity index (χ2v) is 9.93. The predicted octanol–water partition coefficient (Wildman–Crippen LogP) is 4.96. The van der Waals surface area contributed by atoms with Crippen LogP contribution in [0.3, 0.4) is 0 Å². The van der Waals surface area contributed by atoms with Gasteiger partial charge in [-0.1, -0.05) is 12.1 Å². The van der Waals surface area contributed by atoms with E-state index in [1.54, 1.807) is 24.3 Å². The molecule has 186 valence electrons. The maximum Gasteiger partial charge on any atom is 0.230 e. The SMILES string of the molecule is CS(=O)(=O)Cc1cccc(Nc2ncnc(-c3ccc(F)cc3OCc3ccc(F)c(F)c3F)n2)c1. The van der Waals surface area contributed by atoms with E-state index in [1.165, 1.54) is 12.4 Å². The lowest BCUT2D eigenvalue weighted by molar-refractivity contribution is 0.295. The van der Waals surface area contributed by atoms with Crippen LogP contribution >= 0.6 is 0 Å². The van der Waals surface area contributed by atoms with E-state index in [-0.39, 0.29) is 34.4 Å². The molecule has 0 radical (unpaired) electrons. The summed E-state index contributed by atoms with van der Waals surface area (Å²) in [5, 5.41) is 2.95. The third-order valence-corrected chi connectivity index (χ3v) is 5.72. The molecule has 1 aromatic heterocycles. The van der Waals surface area contributed by atoms with Crippen molar-refractivity contribution in [3.63, 3.8) is 0 Å². The van der Waals surface area contributed by atoms with Gasteiger partial charge in [0, 0.05) is 23.6 Å². The highest BCUT2D eigenvalue weighted by Gasteiger charge is 2.16. The molecule has 0 aliphatic rings. The van der Waals surface area contributed by atoms with Gasteiger partial charge in [-0.2, -0.15) is 4.98 Å². The minimum absolute atomic E-state index is 0.0635. The van der Waals surface area contributed by atoms with Gasteiger partial charge in [0.25, 0.3) is 0 Å². The van der Waals surface area contributed by atoms with Crippen LogP contribution in [0.1, 0.15) is 11.1 Å². The van der Waals surface area contributed by atoms with Gasteiger partial charge >= 0.3 is 0 Å². The first kappa shape index (κ1) is 25.0. The molecule has 3 aromatic carbocycles. The lowest BCUT2D eigenvalue weighted by Crippen LogP contribution is -2.05. The molecule has 36 heavy (non-hydrogen) atoms. The molecule has 12 heteroatoms. The molecule has 0 unspecified atom stereocenters. The summed E-state index contributed by atoms with van der Waals surface area (Å²) < 4.78 is 83.3. The number of hydrogen-bond acceptors (Lipinski definition) is 7. The van der Waals surface area contributed by atoms with E-state index >= 15 is 0 Å². The number of nitrogens with one attached hydrogen (secondary N) is 1. The minimum atomic E-state index is -3.23. The van der Waals surface area contributed by atoms with Crippen LogP contribution in [-0.2, 0) is 22.2 Å². The zero-order valence-corrected chi connectivity index (χ0v) is 19.5. The third-order valence-electron chi connectivity index (χ3n) is 4.87. The molecular formula is C24H18F4N4O3S. The fourth-order valence-electron chi connectivity index (χ4n) is 3.29. The molecule has 0 fully saturated rings. The fourth-order valence-corrected chi connectivity index (χ4v) is 4.08. The molecule has 0 aliphatic carbocycles. The highest BCUT2D eigenvalue weighted by molar-refractivity contribution is 7.89. The van der Waals surface area contributed by atoms with Gasteiger partial charge in [-0.25, -0.2) is 35.9 Å². The molecule has 0 atom stereocenters. The lowest BCUT2D eigenvalue weighted by Gasteiger charge is -2.13. The van der Waals surface area contributed by atoms with E-state index in [4.69, 9.17) is 4.74 Å². The number of rotatable bonds is 8. The molecule has 1 heterocycles. The number of hydrogen-bond donors (Lipinski definition) is 1. The standard InChI is InChI=1S/C24H18F4N4O3S/c1-36(33,34)12-14-3-2-4-17(9-14)31-24-30-13-29-23(32-24)18-7-6-16(25)10-20(18)35-11-15-5-8-19(26)22(28)21(15)27/h2-10,13H,11-12H2,1H3,(H,29,30,31,32). The quantitative estimate of drug-likeness (QED) is 0.260. The van der Waals surface area contributed by atoms with Gasteiger partial charge in [-0.05, 0) is 42.0 Å². The van der Waals surface area contributed by atoms with E-state index in [1.807, 2.05) is 0 Å². The number of halogens is 4. The largest absolute Gasteiger partial charge is 0.488 e. The Morgan fingerprint density at radius 3 is 2.53 bits per heavy atom. The summed E-state index contributed by atoms with van der Waals surface area (Å²) in [7, 11) is -3.23. The van der Waals surface area contributed by atoms with E-state index in [0.29, 0.717) is 11.3 Å². The Morgan fingerprint density at radius 1 is 0.944 bits per heavy atom. The fraction of sp³-hybridized carbons (Fsp3) is 0.125. The van der Waals surface area contributed by atoms with Crippen molar-refractivity contribution in [3.05, 3.63) is 95.3 Å². The monoisotopic (exact) mass is 518 g/mol. The highest BCUT2D eigenvalue weighted by atomic mass is 32.2. The molecule has 0 spiro atoms. The Balaban J connectivity index is 1.59. The summed E-state index contributed by atoms with van der Waals surface area (Å²) in [5.74, 6) is -5.04. The zero-order valence-electron chi connectivity index (χ0n) is 18.7. The van der Waals surface area contributed by atoms with E-state index < -0.39 is 39.7 Å².